The predicted octanol–water partition coefficient (Wildman–Crippen LogP) is 4.81. The zero-order valence-electron chi connectivity index (χ0n) is 20.7. The lowest BCUT2D eigenvalue weighted by Crippen LogP contribution is -2.45. The van der Waals surface area contributed by atoms with Crippen molar-refractivity contribution in [2.75, 3.05) is 18.0 Å². The summed E-state index contributed by atoms with van der Waals surface area (Å²) in [4.78, 5) is 33.4. The van der Waals surface area contributed by atoms with E-state index >= 15 is 0 Å². The number of hydrogen-bond acceptors (Lipinski definition) is 4. The third-order valence-corrected chi connectivity index (χ3v) is 7.66. The minimum Gasteiger partial charge on any atom is -0.353 e. The summed E-state index contributed by atoms with van der Waals surface area (Å²) >= 11 is 0. The monoisotopic (exact) mass is 472 g/mol. The molecule has 2 aromatic carbocycles. The molecule has 1 amide bonds. The first kappa shape index (κ1) is 23.6. The summed E-state index contributed by atoms with van der Waals surface area (Å²) < 4.78 is 1.84. The lowest BCUT2D eigenvalue weighted by Gasteiger charge is -2.33. The molecule has 1 saturated carbocycles. The number of anilines is 1. The Balaban J connectivity index is 1.33. The van der Waals surface area contributed by atoms with Gasteiger partial charge in [-0.05, 0) is 50.3 Å². The molecule has 1 N–H and O–H groups in total. The fourth-order valence-corrected chi connectivity index (χ4v) is 5.51. The van der Waals surface area contributed by atoms with E-state index in [2.05, 4.69) is 41.4 Å². The van der Waals surface area contributed by atoms with Crippen molar-refractivity contribution in [3.8, 4) is 0 Å². The Morgan fingerprint density at radius 1 is 0.943 bits per heavy atom. The number of carbonyl (C=O) groups is 1. The number of fused-ring (bicyclic) bond motifs is 1. The molecule has 6 heteroatoms. The second-order valence-corrected chi connectivity index (χ2v) is 10.3. The number of rotatable bonds is 5. The van der Waals surface area contributed by atoms with Gasteiger partial charge in [-0.1, -0.05) is 67.6 Å². The van der Waals surface area contributed by atoms with Crippen LogP contribution in [0.4, 0.5) is 5.82 Å². The standard InChI is InChI=1S/C29H36N4O2/c1-21-12-14-22(15-13-21)20-33-26-11-7-6-10-25(26)31-27(29(33)35)32-18-16-23(17-19-32)28(34)30-24-8-4-2-3-5-9-24/h6-7,10-15,23-24H,2-5,8-9,16-20H2,1H3,(H,30,34). The Kier molecular flexibility index (Phi) is 7.16. The first-order chi connectivity index (χ1) is 17.1. The minimum atomic E-state index is -0.0642. The molecule has 3 aromatic rings. The van der Waals surface area contributed by atoms with Gasteiger partial charge in [0.25, 0.3) is 5.56 Å². The average Bonchev–Trinajstić information content (AvgIpc) is 3.15. The van der Waals surface area contributed by atoms with Gasteiger partial charge in [0.15, 0.2) is 5.82 Å². The quantitative estimate of drug-likeness (QED) is 0.541. The third kappa shape index (κ3) is 5.42. The Morgan fingerprint density at radius 2 is 1.63 bits per heavy atom. The number of hydrogen-bond donors (Lipinski definition) is 1. The molecule has 0 atom stereocenters. The molecule has 184 valence electrons. The van der Waals surface area contributed by atoms with Crippen molar-refractivity contribution in [2.45, 2.75) is 70.9 Å². The molecule has 0 radical (unpaired) electrons. The van der Waals surface area contributed by atoms with Gasteiger partial charge in [-0.2, -0.15) is 0 Å². The van der Waals surface area contributed by atoms with E-state index in [1.54, 1.807) is 0 Å². The fourth-order valence-electron chi connectivity index (χ4n) is 5.51. The highest BCUT2D eigenvalue weighted by atomic mass is 16.2. The van der Waals surface area contributed by atoms with Crippen molar-refractivity contribution >= 4 is 22.8 Å². The van der Waals surface area contributed by atoms with Crippen LogP contribution in [0.2, 0.25) is 0 Å². The number of nitrogens with one attached hydrogen (secondary N) is 1. The van der Waals surface area contributed by atoms with Crippen LogP contribution in [0, 0.1) is 12.8 Å². The topological polar surface area (TPSA) is 67.2 Å². The Morgan fingerprint density at radius 3 is 2.34 bits per heavy atom. The highest BCUT2D eigenvalue weighted by molar-refractivity contribution is 5.79. The molecule has 5 rings (SSSR count). The third-order valence-electron chi connectivity index (χ3n) is 7.66. The number of aromatic nitrogens is 2. The maximum Gasteiger partial charge on any atom is 0.294 e. The molecular weight excluding hydrogens is 436 g/mol. The highest BCUT2D eigenvalue weighted by Crippen LogP contribution is 2.24. The molecule has 35 heavy (non-hydrogen) atoms. The molecule has 6 nitrogen and oxygen atoms in total. The van der Waals surface area contributed by atoms with Crippen molar-refractivity contribution in [1.29, 1.82) is 0 Å². The predicted molar refractivity (Wildman–Crippen MR) is 141 cm³/mol. The van der Waals surface area contributed by atoms with Gasteiger partial charge in [-0.25, -0.2) is 4.98 Å². The summed E-state index contributed by atoms with van der Waals surface area (Å²) in [7, 11) is 0. The van der Waals surface area contributed by atoms with Gasteiger partial charge in [0.05, 0.1) is 17.6 Å². The first-order valence-electron chi connectivity index (χ1n) is 13.2. The molecule has 2 aliphatic rings. The number of aryl methyl sites for hydroxylation is 1. The highest BCUT2D eigenvalue weighted by Gasteiger charge is 2.29. The molecule has 0 spiro atoms. The Bertz CT molecular complexity index is 1220. The number of carbonyl (C=O) groups excluding carboxylic acids is 1. The molecule has 1 saturated heterocycles. The summed E-state index contributed by atoms with van der Waals surface area (Å²) in [5.41, 5.74) is 3.90. The van der Waals surface area contributed by atoms with Crippen molar-refractivity contribution in [1.82, 2.24) is 14.9 Å². The van der Waals surface area contributed by atoms with E-state index in [0.717, 1.165) is 42.3 Å². The Labute approximate surface area is 207 Å². The maximum atomic E-state index is 13.6. The van der Waals surface area contributed by atoms with Gasteiger partial charge < -0.3 is 10.2 Å². The second-order valence-electron chi connectivity index (χ2n) is 10.3. The van der Waals surface area contributed by atoms with E-state index in [4.69, 9.17) is 4.98 Å². The summed E-state index contributed by atoms with van der Waals surface area (Å²) in [5, 5.41) is 3.32. The van der Waals surface area contributed by atoms with Crippen LogP contribution in [-0.4, -0.2) is 34.6 Å². The van der Waals surface area contributed by atoms with Crippen LogP contribution in [-0.2, 0) is 11.3 Å². The molecule has 0 bridgehead atoms. The van der Waals surface area contributed by atoms with Gasteiger partial charge >= 0.3 is 0 Å². The van der Waals surface area contributed by atoms with Crippen molar-refractivity contribution in [3.05, 3.63) is 70.0 Å². The van der Waals surface area contributed by atoms with Crippen molar-refractivity contribution < 1.29 is 4.79 Å². The second kappa shape index (κ2) is 10.6. The van der Waals surface area contributed by atoms with Gasteiger partial charge in [-0.3, -0.25) is 14.2 Å². The number of nitrogens with zero attached hydrogens (tertiary/aromatic N) is 3. The zero-order valence-corrected chi connectivity index (χ0v) is 20.7. The fraction of sp³-hybridized carbons (Fsp3) is 0.483. The smallest absolute Gasteiger partial charge is 0.294 e. The molecule has 2 heterocycles. The number of para-hydroxylation sites is 2. The van der Waals surface area contributed by atoms with Crippen LogP contribution in [0.25, 0.3) is 11.0 Å². The lowest BCUT2D eigenvalue weighted by atomic mass is 9.95. The van der Waals surface area contributed by atoms with E-state index in [1.165, 1.54) is 31.2 Å². The van der Waals surface area contributed by atoms with Gasteiger partial charge in [0.2, 0.25) is 5.91 Å². The van der Waals surface area contributed by atoms with E-state index < -0.39 is 0 Å². The lowest BCUT2D eigenvalue weighted by molar-refractivity contribution is -0.126. The molecule has 0 unspecified atom stereocenters. The largest absolute Gasteiger partial charge is 0.353 e. The van der Waals surface area contributed by atoms with Gasteiger partial charge in [0, 0.05) is 25.0 Å². The van der Waals surface area contributed by atoms with Crippen LogP contribution < -0.4 is 15.8 Å². The van der Waals surface area contributed by atoms with Crippen molar-refractivity contribution in [2.24, 2.45) is 5.92 Å². The summed E-state index contributed by atoms with van der Waals surface area (Å²) in [6, 6.07) is 16.5. The zero-order chi connectivity index (χ0) is 24.2. The van der Waals surface area contributed by atoms with E-state index in [9.17, 15) is 9.59 Å². The number of benzene rings is 2. The average molecular weight is 473 g/mol. The van der Waals surface area contributed by atoms with Gasteiger partial charge in [-0.15, -0.1) is 0 Å². The maximum absolute atomic E-state index is 13.6. The summed E-state index contributed by atoms with van der Waals surface area (Å²) in [6.07, 6.45) is 8.71. The van der Waals surface area contributed by atoms with Crippen LogP contribution >= 0.6 is 0 Å². The van der Waals surface area contributed by atoms with Crippen LogP contribution in [0.15, 0.2) is 53.3 Å². The molecule has 1 aromatic heterocycles. The molecule has 1 aliphatic carbocycles. The van der Waals surface area contributed by atoms with Crippen LogP contribution in [0.1, 0.15) is 62.5 Å². The molecule has 1 aliphatic heterocycles. The number of amides is 1. The van der Waals surface area contributed by atoms with Gasteiger partial charge in [0.1, 0.15) is 0 Å². The molecule has 2 fully saturated rings. The van der Waals surface area contributed by atoms with Crippen LogP contribution in [0.3, 0.4) is 0 Å². The first-order valence-corrected chi connectivity index (χ1v) is 13.2. The van der Waals surface area contributed by atoms with Crippen molar-refractivity contribution in [3.63, 3.8) is 0 Å². The minimum absolute atomic E-state index is 0.0183. The van der Waals surface area contributed by atoms with Crippen LogP contribution in [0.5, 0.6) is 0 Å². The summed E-state index contributed by atoms with van der Waals surface area (Å²) in [5.74, 6) is 0.711. The SMILES string of the molecule is Cc1ccc(Cn2c(=O)c(N3CCC(C(=O)NC4CCCCCC4)CC3)nc3ccccc32)cc1. The van der Waals surface area contributed by atoms with E-state index in [1.807, 2.05) is 28.8 Å². The van der Waals surface area contributed by atoms with E-state index in [0.29, 0.717) is 31.5 Å². The summed E-state index contributed by atoms with van der Waals surface area (Å²) in [6.45, 7) is 3.92. The number of piperidine rings is 1. The van der Waals surface area contributed by atoms with E-state index in [-0.39, 0.29) is 17.4 Å². The molecular formula is C29H36N4O2. The Hall–Kier alpha value is -3.15. The normalized spacial score (nSPS) is 17.9.